The molecule has 1 amide bonds. The van der Waals surface area contributed by atoms with Crippen LogP contribution in [0, 0.1) is 5.41 Å². The summed E-state index contributed by atoms with van der Waals surface area (Å²) in [5.74, 6) is -1.35. The average molecular weight is 357 g/mol. The minimum Gasteiger partial charge on any atom is -0.478 e. The Morgan fingerprint density at radius 2 is 2.05 bits per heavy atom. The summed E-state index contributed by atoms with van der Waals surface area (Å²) < 4.78 is 5.91. The molecule has 114 valence electrons. The first-order valence-corrected chi connectivity index (χ1v) is 7.40. The third kappa shape index (κ3) is 3.42. The number of halogens is 1. The Labute approximate surface area is 130 Å². The largest absolute Gasteiger partial charge is 0.478 e. The second kappa shape index (κ2) is 6.55. The molecule has 0 radical (unpaired) electrons. The maximum Gasteiger partial charge on any atom is 0.337 e. The average Bonchev–Trinajstić information content (AvgIpc) is 2.49. The minimum atomic E-state index is -1.10. The zero-order valence-electron chi connectivity index (χ0n) is 11.4. The van der Waals surface area contributed by atoms with Gasteiger partial charge in [0.2, 0.25) is 5.91 Å². The number of anilines is 1. The maximum absolute atomic E-state index is 12.5. The van der Waals surface area contributed by atoms with E-state index in [1.54, 1.807) is 12.1 Å². The molecule has 0 atom stereocenters. The second-order valence-electron chi connectivity index (χ2n) is 5.05. The molecule has 1 heterocycles. The number of carboxylic acid groups (broad SMARTS) is 1. The van der Waals surface area contributed by atoms with Crippen LogP contribution in [0.4, 0.5) is 5.69 Å². The normalized spacial score (nSPS) is 17.2. The molecule has 0 saturated carbocycles. The molecule has 1 aliphatic rings. The first-order valence-electron chi connectivity index (χ1n) is 6.61. The van der Waals surface area contributed by atoms with Crippen LogP contribution in [-0.2, 0) is 9.53 Å². The Morgan fingerprint density at radius 3 is 2.62 bits per heavy atom. The number of carbonyl (C=O) groups excluding carboxylic acids is 1. The highest BCUT2D eigenvalue weighted by Gasteiger charge is 2.39. The molecule has 2 rings (SSSR count). The number of nitrogens with one attached hydrogen (secondary N) is 1. The fraction of sp³-hybridized carbons (Fsp3) is 0.429. The molecular weight excluding hydrogens is 340 g/mol. The van der Waals surface area contributed by atoms with E-state index in [-0.39, 0.29) is 23.7 Å². The van der Waals surface area contributed by atoms with Gasteiger partial charge in [-0.05, 0) is 31.0 Å². The van der Waals surface area contributed by atoms with Crippen molar-refractivity contribution in [2.24, 2.45) is 11.1 Å². The maximum atomic E-state index is 12.5. The molecule has 0 aromatic heterocycles. The summed E-state index contributed by atoms with van der Waals surface area (Å²) in [4.78, 5) is 23.8. The van der Waals surface area contributed by atoms with Gasteiger partial charge >= 0.3 is 5.97 Å². The van der Waals surface area contributed by atoms with Gasteiger partial charge in [0.1, 0.15) is 0 Å². The van der Waals surface area contributed by atoms with Gasteiger partial charge in [-0.2, -0.15) is 0 Å². The number of ether oxygens (including phenoxy) is 1. The van der Waals surface area contributed by atoms with E-state index in [9.17, 15) is 14.7 Å². The van der Waals surface area contributed by atoms with E-state index in [0.717, 1.165) is 0 Å². The zero-order chi connectivity index (χ0) is 15.5. The summed E-state index contributed by atoms with van der Waals surface area (Å²) in [5.41, 5.74) is 5.39. The van der Waals surface area contributed by atoms with Crippen LogP contribution in [0.3, 0.4) is 0 Å². The molecule has 1 aromatic rings. The van der Waals surface area contributed by atoms with E-state index < -0.39 is 11.4 Å². The summed E-state index contributed by atoms with van der Waals surface area (Å²) in [7, 11) is 0. The van der Waals surface area contributed by atoms with Crippen molar-refractivity contribution in [3.63, 3.8) is 0 Å². The molecule has 0 spiro atoms. The smallest absolute Gasteiger partial charge is 0.337 e. The van der Waals surface area contributed by atoms with Gasteiger partial charge in [-0.1, -0.05) is 15.9 Å². The standard InChI is InChI=1S/C14H17BrN2O4/c15-9-1-2-11(10(7-9)12(18)19)17-13(20)14(8-16)3-5-21-6-4-14/h1-2,7H,3-6,8,16H2,(H,17,20)(H,18,19). The fourth-order valence-corrected chi connectivity index (χ4v) is 2.70. The number of aromatic carboxylic acids is 1. The second-order valence-corrected chi connectivity index (χ2v) is 5.96. The minimum absolute atomic E-state index is 0.0388. The first kappa shape index (κ1) is 15.9. The van der Waals surface area contributed by atoms with Crippen LogP contribution in [0.1, 0.15) is 23.2 Å². The molecule has 7 heteroatoms. The van der Waals surface area contributed by atoms with Crippen molar-refractivity contribution < 1.29 is 19.4 Å². The Morgan fingerprint density at radius 1 is 1.38 bits per heavy atom. The Balaban J connectivity index is 2.24. The first-order chi connectivity index (χ1) is 9.98. The Kier molecular flexibility index (Phi) is 4.97. The van der Waals surface area contributed by atoms with Crippen LogP contribution < -0.4 is 11.1 Å². The van der Waals surface area contributed by atoms with E-state index in [0.29, 0.717) is 30.5 Å². The van der Waals surface area contributed by atoms with Crippen LogP contribution in [0.5, 0.6) is 0 Å². The number of benzene rings is 1. The van der Waals surface area contributed by atoms with Crippen LogP contribution in [-0.4, -0.2) is 36.7 Å². The van der Waals surface area contributed by atoms with Gasteiger partial charge in [0, 0.05) is 24.2 Å². The Bertz CT molecular complexity index is 556. The lowest BCUT2D eigenvalue weighted by molar-refractivity contribution is -0.130. The topological polar surface area (TPSA) is 102 Å². The zero-order valence-corrected chi connectivity index (χ0v) is 13.0. The highest BCUT2D eigenvalue weighted by Crippen LogP contribution is 2.32. The molecule has 21 heavy (non-hydrogen) atoms. The number of rotatable bonds is 4. The lowest BCUT2D eigenvalue weighted by Crippen LogP contribution is -2.46. The van der Waals surface area contributed by atoms with Crippen LogP contribution in [0.25, 0.3) is 0 Å². The van der Waals surface area contributed by atoms with Gasteiger partial charge in [-0.15, -0.1) is 0 Å². The summed E-state index contributed by atoms with van der Waals surface area (Å²) in [5, 5.41) is 11.9. The molecule has 1 fully saturated rings. The summed E-state index contributed by atoms with van der Waals surface area (Å²) in [6.07, 6.45) is 1.07. The molecule has 0 bridgehead atoms. The predicted molar refractivity (Wildman–Crippen MR) is 81.3 cm³/mol. The lowest BCUT2D eigenvalue weighted by Gasteiger charge is -2.34. The Hall–Kier alpha value is -1.44. The number of amides is 1. The highest BCUT2D eigenvalue weighted by molar-refractivity contribution is 9.10. The van der Waals surface area contributed by atoms with E-state index in [2.05, 4.69) is 21.2 Å². The van der Waals surface area contributed by atoms with E-state index in [1.807, 2.05) is 0 Å². The van der Waals surface area contributed by atoms with Gasteiger partial charge in [0.05, 0.1) is 16.7 Å². The quantitative estimate of drug-likeness (QED) is 0.763. The third-order valence-electron chi connectivity index (χ3n) is 3.78. The monoisotopic (exact) mass is 356 g/mol. The molecule has 1 aliphatic heterocycles. The van der Waals surface area contributed by atoms with Crippen molar-refractivity contribution >= 4 is 33.5 Å². The summed E-state index contributed by atoms with van der Waals surface area (Å²) in [6.45, 7) is 1.18. The summed E-state index contributed by atoms with van der Waals surface area (Å²) in [6, 6.07) is 4.70. The fourth-order valence-electron chi connectivity index (χ4n) is 2.34. The molecule has 0 aliphatic carbocycles. The lowest BCUT2D eigenvalue weighted by atomic mass is 9.79. The predicted octanol–water partition coefficient (Wildman–Crippen LogP) is 1.84. The van der Waals surface area contributed by atoms with Gasteiger partial charge < -0.3 is 20.9 Å². The van der Waals surface area contributed by atoms with Crippen molar-refractivity contribution in [1.82, 2.24) is 0 Å². The number of hydrogen-bond donors (Lipinski definition) is 3. The molecule has 1 aromatic carbocycles. The van der Waals surface area contributed by atoms with Gasteiger partial charge in [0.25, 0.3) is 0 Å². The van der Waals surface area contributed by atoms with Gasteiger partial charge in [-0.25, -0.2) is 4.79 Å². The van der Waals surface area contributed by atoms with Gasteiger partial charge in [0.15, 0.2) is 0 Å². The van der Waals surface area contributed by atoms with Crippen LogP contribution in [0.15, 0.2) is 22.7 Å². The summed E-state index contributed by atoms with van der Waals surface area (Å²) >= 11 is 3.22. The molecule has 0 unspecified atom stereocenters. The molecule has 4 N–H and O–H groups in total. The molecule has 6 nitrogen and oxygen atoms in total. The number of carboxylic acids is 1. The van der Waals surface area contributed by atoms with E-state index in [1.165, 1.54) is 6.07 Å². The van der Waals surface area contributed by atoms with Crippen molar-refractivity contribution in [1.29, 1.82) is 0 Å². The number of nitrogens with two attached hydrogens (primary N) is 1. The third-order valence-corrected chi connectivity index (χ3v) is 4.28. The number of hydrogen-bond acceptors (Lipinski definition) is 4. The van der Waals surface area contributed by atoms with Crippen LogP contribution in [0.2, 0.25) is 0 Å². The molecular formula is C14H17BrN2O4. The SMILES string of the molecule is NCC1(C(=O)Nc2ccc(Br)cc2C(=O)O)CCOCC1. The van der Waals surface area contributed by atoms with Crippen LogP contribution >= 0.6 is 15.9 Å². The van der Waals surface area contributed by atoms with Crippen molar-refractivity contribution in [3.8, 4) is 0 Å². The number of carbonyl (C=O) groups is 2. The highest BCUT2D eigenvalue weighted by atomic mass is 79.9. The molecule has 1 saturated heterocycles. The van der Waals surface area contributed by atoms with Crippen molar-refractivity contribution in [2.45, 2.75) is 12.8 Å². The van der Waals surface area contributed by atoms with E-state index >= 15 is 0 Å². The van der Waals surface area contributed by atoms with Gasteiger partial charge in [-0.3, -0.25) is 4.79 Å². The van der Waals surface area contributed by atoms with Crippen molar-refractivity contribution in [3.05, 3.63) is 28.2 Å². The van der Waals surface area contributed by atoms with Crippen molar-refractivity contribution in [2.75, 3.05) is 25.1 Å². The van der Waals surface area contributed by atoms with E-state index in [4.69, 9.17) is 10.5 Å².